The summed E-state index contributed by atoms with van der Waals surface area (Å²) in [7, 11) is 0. The lowest BCUT2D eigenvalue weighted by Gasteiger charge is -2.23. The van der Waals surface area contributed by atoms with Crippen LogP contribution in [0.15, 0.2) is 57.7 Å². The highest BCUT2D eigenvalue weighted by Crippen LogP contribution is 2.31. The number of halogens is 3. The van der Waals surface area contributed by atoms with Gasteiger partial charge in [0.2, 0.25) is 5.91 Å². The van der Waals surface area contributed by atoms with E-state index in [1.54, 1.807) is 29.2 Å². The van der Waals surface area contributed by atoms with Gasteiger partial charge in [-0.3, -0.25) is 9.36 Å². The van der Waals surface area contributed by atoms with Crippen LogP contribution in [0.2, 0.25) is 0 Å². The van der Waals surface area contributed by atoms with Crippen molar-refractivity contribution in [3.05, 3.63) is 70.2 Å². The SMILES string of the molecule is O=C(Cn1c(=O)oc2ccccc21)N(Cc1ccc(C(F)(F)F)cc1)C1CC1. The van der Waals surface area contributed by atoms with Gasteiger partial charge in [0.05, 0.1) is 11.1 Å². The predicted octanol–water partition coefficient (Wildman–Crippen LogP) is 3.80. The van der Waals surface area contributed by atoms with Crippen molar-refractivity contribution in [3.8, 4) is 0 Å². The number of carbonyl (C=O) groups excluding carboxylic acids is 1. The molecule has 0 spiro atoms. The number of rotatable bonds is 5. The first-order valence-electron chi connectivity index (χ1n) is 8.87. The fraction of sp³-hybridized carbons (Fsp3) is 0.300. The maximum absolute atomic E-state index is 12.9. The Labute approximate surface area is 158 Å². The zero-order valence-electron chi connectivity index (χ0n) is 14.8. The Morgan fingerprint density at radius 3 is 2.43 bits per heavy atom. The molecule has 3 aromatic rings. The fourth-order valence-corrected chi connectivity index (χ4v) is 3.19. The molecule has 0 radical (unpaired) electrons. The van der Waals surface area contributed by atoms with Crippen LogP contribution in [0.5, 0.6) is 0 Å². The second-order valence-corrected chi connectivity index (χ2v) is 6.87. The van der Waals surface area contributed by atoms with Crippen molar-refractivity contribution in [2.45, 2.75) is 38.1 Å². The van der Waals surface area contributed by atoms with Crippen LogP contribution >= 0.6 is 0 Å². The molecule has 1 saturated carbocycles. The molecule has 1 aliphatic rings. The van der Waals surface area contributed by atoms with E-state index < -0.39 is 17.5 Å². The summed E-state index contributed by atoms with van der Waals surface area (Å²) in [4.78, 5) is 26.6. The molecule has 0 atom stereocenters. The minimum Gasteiger partial charge on any atom is -0.408 e. The lowest BCUT2D eigenvalue weighted by Crippen LogP contribution is -2.36. The molecule has 1 heterocycles. The van der Waals surface area contributed by atoms with E-state index in [1.807, 2.05) is 0 Å². The van der Waals surface area contributed by atoms with Crippen molar-refractivity contribution in [1.82, 2.24) is 9.47 Å². The van der Waals surface area contributed by atoms with Crippen molar-refractivity contribution >= 4 is 17.0 Å². The van der Waals surface area contributed by atoms with Crippen LogP contribution in [0.1, 0.15) is 24.0 Å². The summed E-state index contributed by atoms with van der Waals surface area (Å²) < 4.78 is 44.6. The first-order chi connectivity index (χ1) is 13.3. The summed E-state index contributed by atoms with van der Waals surface area (Å²) in [6.07, 6.45) is -2.71. The van der Waals surface area contributed by atoms with Crippen LogP contribution in [0.4, 0.5) is 13.2 Å². The minimum atomic E-state index is -4.39. The minimum absolute atomic E-state index is 0.0451. The van der Waals surface area contributed by atoms with Gasteiger partial charge in [0.25, 0.3) is 0 Å². The van der Waals surface area contributed by atoms with Gasteiger partial charge in [-0.25, -0.2) is 4.79 Å². The van der Waals surface area contributed by atoms with Crippen LogP contribution in [0.25, 0.3) is 11.1 Å². The number of alkyl halides is 3. The lowest BCUT2D eigenvalue weighted by molar-refractivity contribution is -0.137. The number of hydrogen-bond acceptors (Lipinski definition) is 3. The Hall–Kier alpha value is -3.03. The van der Waals surface area contributed by atoms with Crippen LogP contribution < -0.4 is 5.76 Å². The number of benzene rings is 2. The Bertz CT molecular complexity index is 1060. The molecule has 146 valence electrons. The quantitative estimate of drug-likeness (QED) is 0.666. The van der Waals surface area contributed by atoms with Crippen molar-refractivity contribution in [2.75, 3.05) is 0 Å². The van der Waals surface area contributed by atoms with E-state index in [0.29, 0.717) is 16.7 Å². The average molecular weight is 390 g/mol. The molecule has 1 amide bonds. The average Bonchev–Trinajstić information content (AvgIpc) is 3.44. The molecular weight excluding hydrogens is 373 g/mol. The zero-order valence-corrected chi connectivity index (χ0v) is 14.8. The third-order valence-corrected chi connectivity index (χ3v) is 4.81. The summed E-state index contributed by atoms with van der Waals surface area (Å²) in [6.45, 7) is 0.0269. The summed E-state index contributed by atoms with van der Waals surface area (Å²) in [5.41, 5.74) is 0.821. The van der Waals surface area contributed by atoms with Crippen molar-refractivity contribution in [1.29, 1.82) is 0 Å². The molecule has 8 heteroatoms. The molecule has 1 aromatic heterocycles. The molecular formula is C20H17F3N2O3. The number of nitrogens with zero attached hydrogens (tertiary/aromatic N) is 2. The highest BCUT2D eigenvalue weighted by atomic mass is 19.4. The Morgan fingerprint density at radius 1 is 1.11 bits per heavy atom. The molecule has 1 fully saturated rings. The Balaban J connectivity index is 1.54. The van der Waals surface area contributed by atoms with Gasteiger partial charge in [-0.05, 0) is 42.7 Å². The van der Waals surface area contributed by atoms with Gasteiger partial charge in [-0.15, -0.1) is 0 Å². The van der Waals surface area contributed by atoms with E-state index in [4.69, 9.17) is 4.42 Å². The van der Waals surface area contributed by atoms with E-state index in [1.165, 1.54) is 16.7 Å². The first kappa shape index (κ1) is 18.3. The second-order valence-electron chi connectivity index (χ2n) is 6.87. The smallest absolute Gasteiger partial charge is 0.408 e. The Kier molecular flexibility index (Phi) is 4.49. The topological polar surface area (TPSA) is 55.5 Å². The summed E-state index contributed by atoms with van der Waals surface area (Å²) in [5, 5.41) is 0. The van der Waals surface area contributed by atoms with Gasteiger partial charge >= 0.3 is 11.9 Å². The molecule has 0 bridgehead atoms. The third-order valence-electron chi connectivity index (χ3n) is 4.81. The standard InChI is InChI=1S/C20H17F3N2O3/c21-20(22,23)14-7-5-13(6-8-14)11-24(15-9-10-15)18(26)12-25-16-3-1-2-4-17(16)28-19(25)27/h1-8,15H,9-12H2. The maximum atomic E-state index is 12.9. The normalized spacial score (nSPS) is 14.4. The van der Waals surface area contributed by atoms with E-state index >= 15 is 0 Å². The van der Waals surface area contributed by atoms with E-state index in [0.717, 1.165) is 25.0 Å². The predicted molar refractivity (Wildman–Crippen MR) is 95.5 cm³/mol. The first-order valence-corrected chi connectivity index (χ1v) is 8.87. The van der Waals surface area contributed by atoms with Crippen LogP contribution in [-0.2, 0) is 24.1 Å². The fourth-order valence-electron chi connectivity index (χ4n) is 3.19. The molecule has 0 saturated heterocycles. The Morgan fingerprint density at radius 2 is 1.79 bits per heavy atom. The number of fused-ring (bicyclic) bond motifs is 1. The van der Waals surface area contributed by atoms with E-state index in [-0.39, 0.29) is 25.0 Å². The number of oxazole rings is 1. The van der Waals surface area contributed by atoms with Gasteiger partial charge in [0.15, 0.2) is 5.58 Å². The second kappa shape index (κ2) is 6.85. The highest BCUT2D eigenvalue weighted by Gasteiger charge is 2.34. The van der Waals surface area contributed by atoms with Gasteiger partial charge in [-0.1, -0.05) is 24.3 Å². The van der Waals surface area contributed by atoms with Crippen molar-refractivity contribution in [3.63, 3.8) is 0 Å². The van der Waals surface area contributed by atoms with Gasteiger partial charge in [-0.2, -0.15) is 13.2 Å². The maximum Gasteiger partial charge on any atom is 0.420 e. The number of carbonyl (C=O) groups is 1. The van der Waals surface area contributed by atoms with Crippen LogP contribution in [0.3, 0.4) is 0 Å². The summed E-state index contributed by atoms with van der Waals surface area (Å²) >= 11 is 0. The number of hydrogen-bond donors (Lipinski definition) is 0. The molecule has 2 aromatic carbocycles. The van der Waals surface area contributed by atoms with Crippen molar-refractivity contribution in [2.24, 2.45) is 0 Å². The molecule has 0 N–H and O–H groups in total. The van der Waals surface area contributed by atoms with Crippen molar-refractivity contribution < 1.29 is 22.4 Å². The van der Waals surface area contributed by atoms with Gasteiger partial charge < -0.3 is 9.32 Å². The lowest BCUT2D eigenvalue weighted by atomic mass is 10.1. The molecule has 4 rings (SSSR count). The van der Waals surface area contributed by atoms with Crippen LogP contribution in [0, 0.1) is 0 Å². The largest absolute Gasteiger partial charge is 0.420 e. The summed E-state index contributed by atoms with van der Waals surface area (Å²) in [6, 6.07) is 11.7. The molecule has 5 nitrogen and oxygen atoms in total. The number of aromatic nitrogens is 1. The van der Waals surface area contributed by atoms with Gasteiger partial charge in [0, 0.05) is 12.6 Å². The number of para-hydroxylation sites is 2. The zero-order chi connectivity index (χ0) is 19.9. The molecule has 1 aliphatic carbocycles. The van der Waals surface area contributed by atoms with Gasteiger partial charge in [0.1, 0.15) is 6.54 Å². The molecule has 0 aliphatic heterocycles. The van der Waals surface area contributed by atoms with E-state index in [2.05, 4.69) is 0 Å². The monoisotopic (exact) mass is 390 g/mol. The third kappa shape index (κ3) is 3.67. The number of amides is 1. The molecule has 28 heavy (non-hydrogen) atoms. The van der Waals surface area contributed by atoms with E-state index in [9.17, 15) is 22.8 Å². The highest BCUT2D eigenvalue weighted by molar-refractivity contribution is 5.80. The van der Waals surface area contributed by atoms with Crippen LogP contribution in [-0.4, -0.2) is 21.4 Å². The molecule has 0 unspecified atom stereocenters. The summed E-state index contributed by atoms with van der Waals surface area (Å²) in [5.74, 6) is -0.879.